The predicted molar refractivity (Wildman–Crippen MR) is 106 cm³/mol. The third kappa shape index (κ3) is 3.52. The lowest BCUT2D eigenvalue weighted by atomic mass is 9.99. The van der Waals surface area contributed by atoms with Crippen molar-refractivity contribution in [3.05, 3.63) is 46.5 Å². The molecule has 0 aliphatic carbocycles. The zero-order valence-electron chi connectivity index (χ0n) is 15.1. The monoisotopic (exact) mass is 369 g/mol. The molecular formula is C20H23N3O2S. The van der Waals surface area contributed by atoms with E-state index in [1.807, 2.05) is 30.3 Å². The summed E-state index contributed by atoms with van der Waals surface area (Å²) in [4.78, 5) is 23.6. The molecule has 6 heteroatoms. The van der Waals surface area contributed by atoms with Crippen LogP contribution in [0, 0.1) is 5.92 Å². The van der Waals surface area contributed by atoms with Crippen molar-refractivity contribution in [3.8, 4) is 16.2 Å². The Labute approximate surface area is 156 Å². The number of fused-ring (bicyclic) bond motifs is 1. The molecule has 5 nitrogen and oxygen atoms in total. The van der Waals surface area contributed by atoms with Crippen LogP contribution in [-0.2, 0) is 6.54 Å². The van der Waals surface area contributed by atoms with Crippen molar-refractivity contribution in [2.45, 2.75) is 26.3 Å². The van der Waals surface area contributed by atoms with Gasteiger partial charge in [-0.1, -0.05) is 6.92 Å². The number of nitrogens with one attached hydrogen (secondary N) is 1. The summed E-state index contributed by atoms with van der Waals surface area (Å²) in [7, 11) is 1.66. The van der Waals surface area contributed by atoms with E-state index in [9.17, 15) is 4.79 Å². The molecule has 1 N–H and O–H groups in total. The fraction of sp³-hybridized carbons (Fsp3) is 0.400. The minimum absolute atomic E-state index is 0.0415. The summed E-state index contributed by atoms with van der Waals surface area (Å²) in [5.41, 5.74) is 1.81. The van der Waals surface area contributed by atoms with Crippen molar-refractivity contribution < 1.29 is 4.74 Å². The van der Waals surface area contributed by atoms with Crippen molar-refractivity contribution >= 4 is 21.6 Å². The number of H-pyrrole nitrogens is 1. The average molecular weight is 369 g/mol. The van der Waals surface area contributed by atoms with Gasteiger partial charge in [-0.05, 0) is 67.7 Å². The van der Waals surface area contributed by atoms with E-state index in [0.29, 0.717) is 11.2 Å². The molecule has 0 radical (unpaired) electrons. The number of ether oxygens (including phenoxy) is 1. The summed E-state index contributed by atoms with van der Waals surface area (Å²) in [6.07, 6.45) is 2.43. The van der Waals surface area contributed by atoms with Crippen LogP contribution in [0.25, 0.3) is 20.7 Å². The van der Waals surface area contributed by atoms with Gasteiger partial charge in [0, 0.05) is 4.88 Å². The smallest absolute Gasteiger partial charge is 0.268 e. The predicted octanol–water partition coefficient (Wildman–Crippen LogP) is 3.89. The number of rotatable bonds is 4. The summed E-state index contributed by atoms with van der Waals surface area (Å²) in [6, 6.07) is 9.89. The van der Waals surface area contributed by atoms with Crippen LogP contribution in [0.3, 0.4) is 0 Å². The number of aromatic nitrogens is 2. The minimum atomic E-state index is -0.0415. The Balaban J connectivity index is 1.61. The standard InChI is InChI=1S/C20H23N3O2S/c1-13-7-9-23(10-8-13)12-18-21-16-11-17(26-19(16)20(24)22-18)14-3-5-15(25-2)6-4-14/h3-6,11,13H,7-10,12H2,1-2H3,(H,21,22,24). The van der Waals surface area contributed by atoms with Gasteiger partial charge in [0.15, 0.2) is 0 Å². The Hall–Kier alpha value is -2.18. The lowest BCUT2D eigenvalue weighted by molar-refractivity contribution is 0.181. The van der Waals surface area contributed by atoms with Crippen LogP contribution in [0.2, 0.25) is 0 Å². The van der Waals surface area contributed by atoms with Crippen LogP contribution in [0.4, 0.5) is 0 Å². The number of aromatic amines is 1. The van der Waals surface area contributed by atoms with E-state index in [1.54, 1.807) is 7.11 Å². The molecule has 0 spiro atoms. The van der Waals surface area contributed by atoms with Crippen LogP contribution < -0.4 is 10.3 Å². The maximum absolute atomic E-state index is 12.5. The van der Waals surface area contributed by atoms with Crippen LogP contribution in [0.15, 0.2) is 35.1 Å². The van der Waals surface area contributed by atoms with E-state index in [0.717, 1.165) is 46.5 Å². The molecule has 0 atom stereocenters. The molecule has 1 aromatic carbocycles. The van der Waals surface area contributed by atoms with Gasteiger partial charge in [-0.3, -0.25) is 9.69 Å². The molecule has 2 aromatic heterocycles. The Bertz CT molecular complexity index is 953. The second-order valence-corrected chi connectivity index (χ2v) is 8.08. The molecule has 3 aromatic rings. The van der Waals surface area contributed by atoms with E-state index >= 15 is 0 Å². The molecule has 1 saturated heterocycles. The molecule has 0 unspecified atom stereocenters. The fourth-order valence-corrected chi connectivity index (χ4v) is 4.39. The van der Waals surface area contributed by atoms with Crippen molar-refractivity contribution in [1.82, 2.24) is 14.9 Å². The zero-order valence-corrected chi connectivity index (χ0v) is 15.9. The first-order chi connectivity index (χ1) is 12.6. The average Bonchev–Trinajstić information content (AvgIpc) is 3.08. The second kappa shape index (κ2) is 7.21. The van der Waals surface area contributed by atoms with E-state index < -0.39 is 0 Å². The van der Waals surface area contributed by atoms with Crippen LogP contribution in [-0.4, -0.2) is 35.1 Å². The number of benzene rings is 1. The minimum Gasteiger partial charge on any atom is -0.497 e. The number of hydrogen-bond acceptors (Lipinski definition) is 5. The van der Waals surface area contributed by atoms with Gasteiger partial charge in [0.25, 0.3) is 5.56 Å². The highest BCUT2D eigenvalue weighted by atomic mass is 32.1. The summed E-state index contributed by atoms with van der Waals surface area (Å²) in [6.45, 7) is 5.16. The summed E-state index contributed by atoms with van der Waals surface area (Å²) >= 11 is 1.48. The van der Waals surface area contributed by atoms with E-state index in [-0.39, 0.29) is 5.56 Å². The van der Waals surface area contributed by atoms with Gasteiger partial charge >= 0.3 is 0 Å². The van der Waals surface area contributed by atoms with Crippen molar-refractivity contribution in [2.75, 3.05) is 20.2 Å². The van der Waals surface area contributed by atoms with Crippen LogP contribution >= 0.6 is 11.3 Å². The second-order valence-electron chi connectivity index (χ2n) is 7.02. The molecule has 0 saturated carbocycles. The molecule has 1 fully saturated rings. The SMILES string of the molecule is COc1ccc(-c2cc3nc(CN4CCC(C)CC4)[nH]c(=O)c3s2)cc1. The summed E-state index contributed by atoms with van der Waals surface area (Å²) < 4.78 is 5.90. The van der Waals surface area contributed by atoms with E-state index in [2.05, 4.69) is 16.8 Å². The third-order valence-electron chi connectivity index (χ3n) is 5.06. The highest BCUT2D eigenvalue weighted by Crippen LogP contribution is 2.32. The molecular weight excluding hydrogens is 346 g/mol. The number of nitrogens with zero attached hydrogens (tertiary/aromatic N) is 2. The van der Waals surface area contributed by atoms with Crippen molar-refractivity contribution in [1.29, 1.82) is 0 Å². The van der Waals surface area contributed by atoms with Gasteiger partial charge in [-0.15, -0.1) is 11.3 Å². The van der Waals surface area contributed by atoms with Crippen LogP contribution in [0.1, 0.15) is 25.6 Å². The zero-order chi connectivity index (χ0) is 18.1. The maximum Gasteiger partial charge on any atom is 0.268 e. The van der Waals surface area contributed by atoms with Gasteiger partial charge in [-0.2, -0.15) is 0 Å². The lowest BCUT2D eigenvalue weighted by Gasteiger charge is -2.29. The van der Waals surface area contributed by atoms with Crippen LogP contribution in [0.5, 0.6) is 5.75 Å². The normalized spacial score (nSPS) is 16.2. The molecule has 1 aliphatic heterocycles. The first-order valence-electron chi connectivity index (χ1n) is 9.02. The summed E-state index contributed by atoms with van der Waals surface area (Å²) in [5, 5.41) is 0. The Morgan fingerprint density at radius 1 is 1.27 bits per heavy atom. The molecule has 26 heavy (non-hydrogen) atoms. The highest BCUT2D eigenvalue weighted by Gasteiger charge is 2.17. The first kappa shape index (κ1) is 17.2. The molecule has 4 rings (SSSR count). The number of hydrogen-bond donors (Lipinski definition) is 1. The molecule has 0 amide bonds. The van der Waals surface area contributed by atoms with E-state index in [4.69, 9.17) is 9.72 Å². The van der Waals surface area contributed by atoms with Gasteiger partial charge in [0.05, 0.1) is 19.2 Å². The van der Waals surface area contributed by atoms with Gasteiger partial charge in [0.2, 0.25) is 0 Å². The number of methoxy groups -OCH3 is 1. The number of piperidine rings is 1. The quantitative estimate of drug-likeness (QED) is 0.758. The number of thiophene rings is 1. The Morgan fingerprint density at radius 2 is 2.00 bits per heavy atom. The summed E-state index contributed by atoms with van der Waals surface area (Å²) in [5.74, 6) is 2.38. The highest BCUT2D eigenvalue weighted by molar-refractivity contribution is 7.22. The first-order valence-corrected chi connectivity index (χ1v) is 9.83. The van der Waals surface area contributed by atoms with Gasteiger partial charge in [-0.25, -0.2) is 4.98 Å². The van der Waals surface area contributed by atoms with Crippen molar-refractivity contribution in [2.24, 2.45) is 5.92 Å². The molecule has 3 heterocycles. The van der Waals surface area contributed by atoms with Gasteiger partial charge < -0.3 is 9.72 Å². The molecule has 0 bridgehead atoms. The van der Waals surface area contributed by atoms with Crippen molar-refractivity contribution in [3.63, 3.8) is 0 Å². The topological polar surface area (TPSA) is 58.2 Å². The van der Waals surface area contributed by atoms with Gasteiger partial charge in [0.1, 0.15) is 16.3 Å². The Morgan fingerprint density at radius 3 is 2.69 bits per heavy atom. The Kier molecular flexibility index (Phi) is 4.78. The molecule has 136 valence electrons. The fourth-order valence-electron chi connectivity index (χ4n) is 3.39. The third-order valence-corrected chi connectivity index (χ3v) is 6.23. The van der Waals surface area contributed by atoms with E-state index in [1.165, 1.54) is 24.2 Å². The maximum atomic E-state index is 12.5. The number of likely N-dealkylation sites (tertiary alicyclic amines) is 1. The molecule has 1 aliphatic rings. The largest absolute Gasteiger partial charge is 0.497 e. The lowest BCUT2D eigenvalue weighted by Crippen LogP contribution is -2.33.